The molecular weight excluding hydrogens is 348 g/mol. The molecule has 136 valence electrons. The Balaban J connectivity index is 1.94. The third-order valence-corrected chi connectivity index (χ3v) is 3.79. The van der Waals surface area contributed by atoms with Gasteiger partial charge in [0.2, 0.25) is 6.10 Å². The minimum absolute atomic E-state index is 0.0670. The van der Waals surface area contributed by atoms with Crippen molar-refractivity contribution in [1.82, 2.24) is 0 Å². The van der Waals surface area contributed by atoms with Crippen molar-refractivity contribution < 1.29 is 32.6 Å². The topological polar surface area (TPSA) is 65.1 Å². The van der Waals surface area contributed by atoms with Crippen molar-refractivity contribution in [2.75, 3.05) is 18.6 Å². The van der Waals surface area contributed by atoms with Crippen LogP contribution in [0.1, 0.15) is 10.4 Å². The lowest BCUT2D eigenvalue weighted by Gasteiger charge is -2.33. The first-order valence-corrected chi connectivity index (χ1v) is 7.70. The number of hydrogen-bond donors (Lipinski definition) is 0. The monoisotopic (exact) mass is 363 g/mol. The summed E-state index contributed by atoms with van der Waals surface area (Å²) in [6.45, 7) is -3.06. The second-order valence-corrected chi connectivity index (χ2v) is 5.42. The van der Waals surface area contributed by atoms with Gasteiger partial charge < -0.3 is 19.1 Å². The van der Waals surface area contributed by atoms with Crippen molar-refractivity contribution in [3.8, 4) is 11.5 Å². The van der Waals surface area contributed by atoms with Crippen molar-refractivity contribution in [3.63, 3.8) is 0 Å². The average molecular weight is 363 g/mol. The average Bonchev–Trinajstić information content (AvgIpc) is 2.65. The molecule has 6 nitrogen and oxygen atoms in total. The van der Waals surface area contributed by atoms with Crippen LogP contribution in [-0.4, -0.2) is 38.2 Å². The number of hydrogen-bond acceptors (Lipinski definition) is 5. The van der Waals surface area contributed by atoms with Gasteiger partial charge in [0.25, 0.3) is 5.91 Å². The number of alkyl halides is 2. The molecule has 8 heteroatoms. The van der Waals surface area contributed by atoms with E-state index >= 15 is 0 Å². The molecule has 26 heavy (non-hydrogen) atoms. The molecule has 0 radical (unpaired) electrons. The third-order valence-electron chi connectivity index (χ3n) is 3.79. The van der Waals surface area contributed by atoms with Crippen molar-refractivity contribution in [2.24, 2.45) is 0 Å². The van der Waals surface area contributed by atoms with Crippen molar-refractivity contribution in [3.05, 3.63) is 54.1 Å². The first-order chi connectivity index (χ1) is 12.5. The molecule has 1 atom stereocenters. The lowest BCUT2D eigenvalue weighted by Crippen LogP contribution is -2.47. The molecule has 1 amide bonds. The van der Waals surface area contributed by atoms with Crippen LogP contribution in [-0.2, 0) is 9.53 Å². The molecule has 0 N–H and O–H groups in total. The maximum Gasteiger partial charge on any atom is 0.387 e. The maximum absolute atomic E-state index is 12.9. The standard InChI is InChI=1S/C18H15F2NO5/c1-24-17(23)15-10-21(13-7-2-3-8-14(13)26-15)16(22)11-5-4-6-12(9-11)25-18(19)20/h2-9,15,18H,10H2,1H3/t15-/m0/s1. The quantitative estimate of drug-likeness (QED) is 0.782. The van der Waals surface area contributed by atoms with Gasteiger partial charge in [0.15, 0.2) is 0 Å². The van der Waals surface area contributed by atoms with E-state index in [2.05, 4.69) is 4.74 Å². The molecule has 0 bridgehead atoms. The number of amides is 1. The number of benzene rings is 2. The van der Waals surface area contributed by atoms with Gasteiger partial charge in [0.05, 0.1) is 19.3 Å². The predicted molar refractivity (Wildman–Crippen MR) is 87.6 cm³/mol. The highest BCUT2D eigenvalue weighted by Gasteiger charge is 2.34. The van der Waals surface area contributed by atoms with Gasteiger partial charge in [-0.15, -0.1) is 0 Å². The van der Waals surface area contributed by atoms with Gasteiger partial charge in [-0.25, -0.2) is 4.79 Å². The van der Waals surface area contributed by atoms with Crippen LogP contribution in [0, 0.1) is 0 Å². The Bertz CT molecular complexity index is 827. The summed E-state index contributed by atoms with van der Waals surface area (Å²) in [7, 11) is 1.23. The van der Waals surface area contributed by atoms with Gasteiger partial charge in [-0.3, -0.25) is 4.79 Å². The fourth-order valence-electron chi connectivity index (χ4n) is 2.64. The van der Waals surface area contributed by atoms with Gasteiger partial charge in [-0.05, 0) is 30.3 Å². The van der Waals surface area contributed by atoms with E-state index in [0.717, 1.165) is 0 Å². The molecule has 0 fully saturated rings. The predicted octanol–water partition coefficient (Wildman–Crippen LogP) is 2.87. The number of halogens is 2. The van der Waals surface area contributed by atoms with Crippen LogP contribution in [0.3, 0.4) is 0 Å². The summed E-state index contributed by atoms with van der Waals surface area (Å²) in [5.41, 5.74) is 0.612. The van der Waals surface area contributed by atoms with E-state index in [4.69, 9.17) is 9.47 Å². The molecule has 2 aromatic carbocycles. The minimum Gasteiger partial charge on any atom is -0.475 e. The normalized spacial score (nSPS) is 15.8. The molecule has 0 aromatic heterocycles. The number of carbonyl (C=O) groups excluding carboxylic acids is 2. The van der Waals surface area contributed by atoms with E-state index < -0.39 is 24.6 Å². The van der Waals surface area contributed by atoms with Crippen LogP contribution >= 0.6 is 0 Å². The van der Waals surface area contributed by atoms with Crippen LogP contribution in [0.2, 0.25) is 0 Å². The van der Waals surface area contributed by atoms with E-state index in [1.54, 1.807) is 24.3 Å². The molecule has 0 saturated heterocycles. The summed E-state index contributed by atoms with van der Waals surface area (Å²) in [5, 5.41) is 0. The molecular formula is C18H15F2NO5. The lowest BCUT2D eigenvalue weighted by atomic mass is 10.1. The van der Waals surface area contributed by atoms with Crippen LogP contribution in [0.5, 0.6) is 11.5 Å². The molecule has 0 spiro atoms. The van der Waals surface area contributed by atoms with Gasteiger partial charge >= 0.3 is 12.6 Å². The van der Waals surface area contributed by atoms with E-state index in [-0.39, 0.29) is 17.9 Å². The zero-order chi connectivity index (χ0) is 18.7. The zero-order valence-electron chi connectivity index (χ0n) is 13.7. The van der Waals surface area contributed by atoms with Crippen molar-refractivity contribution in [2.45, 2.75) is 12.7 Å². The number of fused-ring (bicyclic) bond motifs is 1. The Kier molecular flexibility index (Phi) is 5.01. The first kappa shape index (κ1) is 17.7. The molecule has 0 saturated carbocycles. The van der Waals surface area contributed by atoms with E-state index in [1.165, 1.54) is 36.3 Å². The number of carbonyl (C=O) groups is 2. The smallest absolute Gasteiger partial charge is 0.387 e. The third kappa shape index (κ3) is 3.58. The van der Waals surface area contributed by atoms with Gasteiger partial charge in [-0.1, -0.05) is 18.2 Å². The van der Waals surface area contributed by atoms with Gasteiger partial charge in [0, 0.05) is 5.56 Å². The van der Waals surface area contributed by atoms with E-state index in [9.17, 15) is 18.4 Å². The number of methoxy groups -OCH3 is 1. The van der Waals surface area contributed by atoms with Crippen LogP contribution in [0.15, 0.2) is 48.5 Å². The molecule has 0 unspecified atom stereocenters. The zero-order valence-corrected chi connectivity index (χ0v) is 13.7. The van der Waals surface area contributed by atoms with E-state index in [0.29, 0.717) is 11.4 Å². The molecule has 1 aliphatic heterocycles. The first-order valence-electron chi connectivity index (χ1n) is 7.70. The highest BCUT2D eigenvalue weighted by molar-refractivity contribution is 6.08. The summed E-state index contributed by atoms with van der Waals surface area (Å²) in [5.74, 6) is -0.874. The lowest BCUT2D eigenvalue weighted by molar-refractivity contribution is -0.148. The molecule has 1 heterocycles. The van der Waals surface area contributed by atoms with Crippen LogP contribution in [0.4, 0.5) is 14.5 Å². The van der Waals surface area contributed by atoms with Crippen molar-refractivity contribution in [1.29, 1.82) is 0 Å². The Hall–Kier alpha value is -3.16. The number of rotatable bonds is 4. The highest BCUT2D eigenvalue weighted by atomic mass is 19.3. The number of anilines is 1. The SMILES string of the molecule is COC(=O)[C@@H]1CN(C(=O)c2cccc(OC(F)F)c2)c2ccccc2O1. The van der Waals surface area contributed by atoms with Gasteiger partial charge in [-0.2, -0.15) is 8.78 Å². The maximum atomic E-state index is 12.9. The summed E-state index contributed by atoms with van der Waals surface area (Å²) in [6, 6.07) is 12.2. The number of esters is 1. The highest BCUT2D eigenvalue weighted by Crippen LogP contribution is 2.34. The largest absolute Gasteiger partial charge is 0.475 e. The van der Waals surface area contributed by atoms with Crippen LogP contribution in [0.25, 0.3) is 0 Å². The fourth-order valence-corrected chi connectivity index (χ4v) is 2.64. The summed E-state index contributed by atoms with van der Waals surface area (Å²) < 4.78 is 39.4. The summed E-state index contributed by atoms with van der Waals surface area (Å²) >= 11 is 0. The second kappa shape index (κ2) is 7.38. The number of nitrogens with zero attached hydrogens (tertiary/aromatic N) is 1. The number of ether oxygens (including phenoxy) is 3. The molecule has 2 aromatic rings. The molecule has 3 rings (SSSR count). The molecule has 1 aliphatic rings. The van der Waals surface area contributed by atoms with E-state index in [1.807, 2.05) is 0 Å². The Morgan fingerprint density at radius 2 is 1.96 bits per heavy atom. The minimum atomic E-state index is -2.99. The fraction of sp³-hybridized carbons (Fsp3) is 0.222. The summed E-state index contributed by atoms with van der Waals surface area (Å²) in [4.78, 5) is 26.1. The molecule has 0 aliphatic carbocycles. The van der Waals surface area contributed by atoms with Crippen LogP contribution < -0.4 is 14.4 Å². The number of para-hydroxylation sites is 2. The Labute approximate surface area is 147 Å². The Morgan fingerprint density at radius 3 is 2.69 bits per heavy atom. The second-order valence-electron chi connectivity index (χ2n) is 5.42. The van der Waals surface area contributed by atoms with Gasteiger partial charge in [0.1, 0.15) is 11.5 Å². The van der Waals surface area contributed by atoms with Crippen molar-refractivity contribution >= 4 is 17.6 Å². The summed E-state index contributed by atoms with van der Waals surface area (Å²) in [6.07, 6.45) is -0.987. The Morgan fingerprint density at radius 1 is 1.19 bits per heavy atom.